The van der Waals surface area contributed by atoms with Gasteiger partial charge in [0.1, 0.15) is 5.52 Å². The smallest absolute Gasteiger partial charge is 0.338 e. The third-order valence-electron chi connectivity index (χ3n) is 4.81. The van der Waals surface area contributed by atoms with Crippen molar-refractivity contribution in [3.8, 4) is 0 Å². The number of carbonyl (C=O) groups excluding carboxylic acids is 2. The van der Waals surface area contributed by atoms with Crippen LogP contribution in [0, 0.1) is 20.8 Å². The summed E-state index contributed by atoms with van der Waals surface area (Å²) in [4.78, 5) is 25.2. The van der Waals surface area contributed by atoms with Crippen molar-refractivity contribution in [1.82, 2.24) is 15.0 Å². The molecule has 0 aliphatic rings. The first-order chi connectivity index (χ1) is 12.8. The van der Waals surface area contributed by atoms with Crippen molar-refractivity contribution in [2.75, 3.05) is 0 Å². The van der Waals surface area contributed by atoms with Gasteiger partial charge in [0.2, 0.25) is 5.78 Å². The molecule has 2 aromatic carbocycles. The summed E-state index contributed by atoms with van der Waals surface area (Å²) in [6.07, 6.45) is -0.875. The van der Waals surface area contributed by atoms with E-state index in [1.165, 1.54) is 0 Å². The van der Waals surface area contributed by atoms with Crippen molar-refractivity contribution in [3.05, 3.63) is 58.1 Å². The highest BCUT2D eigenvalue weighted by atomic mass is 16.5. The number of ether oxygens (including phenoxy) is 1. The van der Waals surface area contributed by atoms with Gasteiger partial charge in [0.15, 0.2) is 6.10 Å². The molecule has 3 rings (SSSR count). The molecule has 0 unspecified atom stereocenters. The second-order valence-electron chi connectivity index (χ2n) is 6.77. The highest BCUT2D eigenvalue weighted by Gasteiger charge is 2.22. The van der Waals surface area contributed by atoms with Gasteiger partial charge in [0.25, 0.3) is 0 Å². The van der Waals surface area contributed by atoms with Crippen LogP contribution in [0.3, 0.4) is 0 Å². The molecular weight excluding hydrogens is 342 g/mol. The number of fused-ring (bicyclic) bond motifs is 1. The number of aryl methyl sites for hydroxylation is 4. The zero-order valence-corrected chi connectivity index (χ0v) is 16.2. The van der Waals surface area contributed by atoms with Gasteiger partial charge in [-0.25, -0.2) is 9.48 Å². The molecule has 0 aliphatic heterocycles. The normalized spacial score (nSPS) is 12.2. The molecule has 0 N–H and O–H groups in total. The van der Waals surface area contributed by atoms with E-state index in [9.17, 15) is 9.59 Å². The van der Waals surface area contributed by atoms with E-state index in [4.69, 9.17) is 4.74 Å². The molecule has 0 amide bonds. The fraction of sp³-hybridized carbons (Fsp3) is 0.333. The van der Waals surface area contributed by atoms with Gasteiger partial charge in [-0.1, -0.05) is 11.3 Å². The molecule has 0 aliphatic carbocycles. The molecule has 0 saturated heterocycles. The minimum Gasteiger partial charge on any atom is -0.451 e. The lowest BCUT2D eigenvalue weighted by Crippen LogP contribution is -2.25. The maximum absolute atomic E-state index is 12.7. The summed E-state index contributed by atoms with van der Waals surface area (Å²) in [5.41, 5.74) is 5.44. The van der Waals surface area contributed by atoms with Crippen LogP contribution >= 0.6 is 0 Å². The lowest BCUT2D eigenvalue weighted by atomic mass is 9.96. The van der Waals surface area contributed by atoms with Gasteiger partial charge >= 0.3 is 5.97 Å². The third kappa shape index (κ3) is 3.60. The second-order valence-corrected chi connectivity index (χ2v) is 6.77. The Hall–Kier alpha value is -3.02. The van der Waals surface area contributed by atoms with E-state index in [0.29, 0.717) is 23.2 Å². The molecular formula is C21H23N3O3. The molecule has 0 fully saturated rings. The summed E-state index contributed by atoms with van der Waals surface area (Å²) in [6, 6.07) is 8.91. The van der Waals surface area contributed by atoms with Crippen LogP contribution in [0.5, 0.6) is 0 Å². The second kappa shape index (κ2) is 7.31. The maximum atomic E-state index is 12.7. The first-order valence-corrected chi connectivity index (χ1v) is 8.98. The fourth-order valence-electron chi connectivity index (χ4n) is 3.06. The van der Waals surface area contributed by atoms with Crippen LogP contribution in [-0.2, 0) is 11.3 Å². The SMILES string of the molecule is CCn1nnc2cc(C(=O)O[C@@H](C)C(=O)c3cc(C)c(C)cc3C)ccc21. The summed E-state index contributed by atoms with van der Waals surface area (Å²) < 4.78 is 7.17. The predicted octanol–water partition coefficient (Wildman–Crippen LogP) is 3.80. The largest absolute Gasteiger partial charge is 0.451 e. The number of hydrogen-bond acceptors (Lipinski definition) is 5. The highest BCUT2D eigenvalue weighted by Crippen LogP contribution is 2.19. The van der Waals surface area contributed by atoms with Crippen LogP contribution in [0.4, 0.5) is 0 Å². The van der Waals surface area contributed by atoms with Gasteiger partial charge in [0, 0.05) is 12.1 Å². The Morgan fingerprint density at radius 1 is 1.07 bits per heavy atom. The summed E-state index contributed by atoms with van der Waals surface area (Å²) >= 11 is 0. The molecule has 1 aromatic heterocycles. The zero-order chi connectivity index (χ0) is 19.7. The molecule has 0 spiro atoms. The van der Waals surface area contributed by atoms with Gasteiger partial charge in [-0.15, -0.1) is 5.10 Å². The van der Waals surface area contributed by atoms with Crippen LogP contribution in [0.15, 0.2) is 30.3 Å². The number of Topliss-reactive ketones (excluding diaryl/α,β-unsaturated/α-hetero) is 1. The number of benzene rings is 2. The van der Waals surface area contributed by atoms with Crippen molar-refractivity contribution in [3.63, 3.8) is 0 Å². The molecule has 0 saturated carbocycles. The van der Waals surface area contributed by atoms with Crippen LogP contribution in [0.1, 0.15) is 51.3 Å². The van der Waals surface area contributed by atoms with E-state index in [2.05, 4.69) is 10.3 Å². The number of carbonyl (C=O) groups is 2. The number of rotatable bonds is 5. The predicted molar refractivity (Wildman–Crippen MR) is 103 cm³/mol. The quantitative estimate of drug-likeness (QED) is 0.508. The van der Waals surface area contributed by atoms with E-state index in [-0.39, 0.29) is 5.78 Å². The lowest BCUT2D eigenvalue weighted by Gasteiger charge is -2.15. The van der Waals surface area contributed by atoms with Gasteiger partial charge in [-0.2, -0.15) is 0 Å². The Kier molecular flexibility index (Phi) is 5.08. The standard InChI is InChI=1S/C21H23N3O3/c1-6-24-19-8-7-16(11-18(19)22-23-24)21(26)27-15(5)20(25)17-10-13(3)12(2)9-14(17)4/h7-11,15H,6H2,1-5H3/t15-/m0/s1. The van der Waals surface area contributed by atoms with Crippen LogP contribution in [0.2, 0.25) is 0 Å². The minimum absolute atomic E-state index is 0.207. The first kappa shape index (κ1) is 18.8. The average molecular weight is 365 g/mol. The van der Waals surface area contributed by atoms with E-state index in [1.54, 1.807) is 29.8 Å². The maximum Gasteiger partial charge on any atom is 0.338 e. The van der Waals surface area contributed by atoms with Gasteiger partial charge in [-0.05, 0) is 75.6 Å². The Bertz CT molecular complexity index is 1040. The highest BCUT2D eigenvalue weighted by molar-refractivity contribution is 6.03. The van der Waals surface area contributed by atoms with Crippen LogP contribution in [-0.4, -0.2) is 32.9 Å². The molecule has 6 nitrogen and oxygen atoms in total. The molecule has 1 atom stereocenters. The summed E-state index contributed by atoms with van der Waals surface area (Å²) in [7, 11) is 0. The molecule has 6 heteroatoms. The molecule has 1 heterocycles. The number of ketones is 1. The zero-order valence-electron chi connectivity index (χ0n) is 16.2. The molecule has 3 aromatic rings. The number of esters is 1. The van der Waals surface area contributed by atoms with Crippen molar-refractivity contribution in [2.45, 2.75) is 47.3 Å². The van der Waals surface area contributed by atoms with Crippen molar-refractivity contribution < 1.29 is 14.3 Å². The van der Waals surface area contributed by atoms with E-state index in [1.807, 2.05) is 39.8 Å². The van der Waals surface area contributed by atoms with Crippen molar-refractivity contribution in [2.24, 2.45) is 0 Å². The summed E-state index contributed by atoms with van der Waals surface area (Å²) in [5.74, 6) is -0.757. The lowest BCUT2D eigenvalue weighted by molar-refractivity contribution is 0.0318. The average Bonchev–Trinajstić information content (AvgIpc) is 3.06. The van der Waals surface area contributed by atoms with Gasteiger partial charge in [0.05, 0.1) is 11.1 Å². The van der Waals surface area contributed by atoms with Crippen molar-refractivity contribution in [1.29, 1.82) is 0 Å². The van der Waals surface area contributed by atoms with E-state index >= 15 is 0 Å². The topological polar surface area (TPSA) is 74.1 Å². The van der Waals surface area contributed by atoms with Crippen molar-refractivity contribution >= 4 is 22.8 Å². The third-order valence-corrected chi connectivity index (χ3v) is 4.81. The summed E-state index contributed by atoms with van der Waals surface area (Å²) in [5, 5.41) is 8.09. The van der Waals surface area contributed by atoms with E-state index < -0.39 is 12.1 Å². The summed E-state index contributed by atoms with van der Waals surface area (Å²) in [6.45, 7) is 10.1. The van der Waals surface area contributed by atoms with Crippen LogP contribution < -0.4 is 0 Å². The Labute approximate surface area is 158 Å². The first-order valence-electron chi connectivity index (χ1n) is 8.98. The number of hydrogen-bond donors (Lipinski definition) is 0. The Morgan fingerprint density at radius 3 is 2.48 bits per heavy atom. The van der Waals surface area contributed by atoms with Gasteiger partial charge in [-0.3, -0.25) is 4.79 Å². The molecule has 0 radical (unpaired) electrons. The van der Waals surface area contributed by atoms with E-state index in [0.717, 1.165) is 22.2 Å². The minimum atomic E-state index is -0.875. The fourth-order valence-corrected chi connectivity index (χ4v) is 3.06. The Balaban J connectivity index is 1.79. The Morgan fingerprint density at radius 2 is 1.78 bits per heavy atom. The number of nitrogens with zero attached hydrogens (tertiary/aromatic N) is 3. The number of aromatic nitrogens is 3. The molecule has 0 bridgehead atoms. The van der Waals surface area contributed by atoms with Crippen LogP contribution in [0.25, 0.3) is 11.0 Å². The monoisotopic (exact) mass is 365 g/mol. The van der Waals surface area contributed by atoms with Gasteiger partial charge < -0.3 is 4.74 Å². The molecule has 27 heavy (non-hydrogen) atoms. The molecule has 140 valence electrons.